The Morgan fingerprint density at radius 2 is 1.38 bits per heavy atom. The molecule has 0 bridgehead atoms. The molecule has 0 saturated heterocycles. The van der Waals surface area contributed by atoms with Gasteiger partial charge in [0.1, 0.15) is 5.75 Å². The van der Waals surface area contributed by atoms with Gasteiger partial charge in [0, 0.05) is 0 Å². The van der Waals surface area contributed by atoms with Crippen molar-refractivity contribution in [3.63, 3.8) is 0 Å². The molecule has 1 N–H and O–H groups in total. The van der Waals surface area contributed by atoms with E-state index in [4.69, 9.17) is 4.74 Å². The summed E-state index contributed by atoms with van der Waals surface area (Å²) in [4.78, 5) is 25.9. The lowest BCUT2D eigenvalue weighted by atomic mass is 9.62. The molecule has 4 aromatic rings. The molecule has 4 nitrogen and oxygen atoms in total. The van der Waals surface area contributed by atoms with Crippen molar-refractivity contribution in [3.8, 4) is 5.75 Å². The van der Waals surface area contributed by atoms with Gasteiger partial charge in [-0.2, -0.15) is 0 Å². The minimum absolute atomic E-state index is 0.0216. The van der Waals surface area contributed by atoms with Crippen LogP contribution in [0, 0.1) is 0 Å². The molecule has 0 heterocycles. The first kappa shape index (κ1) is 29.3. The normalized spacial score (nSPS) is 15.8. The molecule has 1 atom stereocenters. The number of carboxylic acids is 1. The number of aryl methyl sites for hydroxylation is 1. The topological polar surface area (TPSA) is 63.6 Å². The highest BCUT2D eigenvalue weighted by atomic mass is 16.5. The Morgan fingerprint density at radius 3 is 2.02 bits per heavy atom. The van der Waals surface area contributed by atoms with Crippen molar-refractivity contribution in [2.75, 3.05) is 0 Å². The Bertz CT molecular complexity index is 1570. The maximum atomic E-state index is 13.9. The maximum absolute atomic E-state index is 13.9. The van der Waals surface area contributed by atoms with Crippen LogP contribution < -0.4 is 4.74 Å². The third-order valence-electron chi connectivity index (χ3n) is 8.89. The number of hydrogen-bond donors (Lipinski definition) is 1. The summed E-state index contributed by atoms with van der Waals surface area (Å²) in [6.45, 7) is 9.19. The van der Waals surface area contributed by atoms with E-state index in [1.807, 2.05) is 48.5 Å². The molecule has 1 aliphatic rings. The summed E-state index contributed by atoms with van der Waals surface area (Å²) in [7, 11) is 0. The van der Waals surface area contributed by atoms with E-state index in [2.05, 4.69) is 58.0 Å². The van der Waals surface area contributed by atoms with Crippen molar-refractivity contribution in [1.29, 1.82) is 0 Å². The molecular weight excluding hydrogens is 520 g/mol. The predicted molar refractivity (Wildman–Crippen MR) is 168 cm³/mol. The molecule has 0 aliphatic heterocycles. The van der Waals surface area contributed by atoms with Crippen LogP contribution >= 0.6 is 0 Å². The van der Waals surface area contributed by atoms with Gasteiger partial charge in [-0.05, 0) is 94.5 Å². The lowest BCUT2D eigenvalue weighted by Crippen LogP contribution is -2.34. The standard InChI is InChI=1S/C38H40O4/c1-37(2)21-22-38(3,4)34-25-28(16-20-33(34)37)32(18-15-26-11-7-5-8-12-26)36(41)42-30-17-19-31(35(39)40)29(24-30)23-27-13-9-6-10-14-27/h5-14,16-17,19-20,24-25,32H,15,18,21-23H2,1-4H3,(H,39,40). The van der Waals surface area contributed by atoms with Crippen LogP contribution in [0.2, 0.25) is 0 Å². The van der Waals surface area contributed by atoms with Crippen molar-refractivity contribution >= 4 is 11.9 Å². The number of carbonyl (C=O) groups is 2. The highest BCUT2D eigenvalue weighted by Gasteiger charge is 2.38. The van der Waals surface area contributed by atoms with E-state index in [9.17, 15) is 14.7 Å². The zero-order valence-corrected chi connectivity index (χ0v) is 25.0. The Kier molecular flexibility index (Phi) is 8.36. The minimum Gasteiger partial charge on any atom is -0.478 e. The zero-order valence-electron chi connectivity index (χ0n) is 25.0. The van der Waals surface area contributed by atoms with Crippen molar-refractivity contribution in [2.24, 2.45) is 0 Å². The second-order valence-electron chi connectivity index (χ2n) is 12.9. The second-order valence-corrected chi connectivity index (χ2v) is 12.9. The molecule has 1 aliphatic carbocycles. The van der Waals surface area contributed by atoms with Crippen molar-refractivity contribution in [2.45, 2.75) is 76.5 Å². The van der Waals surface area contributed by atoms with Gasteiger partial charge in [-0.3, -0.25) is 4.79 Å². The summed E-state index contributed by atoms with van der Waals surface area (Å²) in [6, 6.07) is 31.3. The fourth-order valence-electron chi connectivity index (χ4n) is 6.19. The van der Waals surface area contributed by atoms with Crippen LogP contribution in [-0.2, 0) is 28.5 Å². The molecule has 42 heavy (non-hydrogen) atoms. The van der Waals surface area contributed by atoms with E-state index in [1.54, 1.807) is 12.1 Å². The molecule has 0 amide bonds. The van der Waals surface area contributed by atoms with Crippen molar-refractivity contribution < 1.29 is 19.4 Å². The fraction of sp³-hybridized carbons (Fsp3) is 0.316. The van der Waals surface area contributed by atoms with Crippen LogP contribution in [0.3, 0.4) is 0 Å². The third kappa shape index (κ3) is 6.49. The van der Waals surface area contributed by atoms with Gasteiger partial charge in [-0.1, -0.05) is 107 Å². The van der Waals surface area contributed by atoms with Crippen molar-refractivity contribution in [1.82, 2.24) is 0 Å². The Balaban J connectivity index is 1.47. The van der Waals surface area contributed by atoms with Crippen LogP contribution in [0.5, 0.6) is 5.75 Å². The lowest BCUT2D eigenvalue weighted by molar-refractivity contribution is -0.136. The van der Waals surface area contributed by atoms with Crippen LogP contribution in [0.1, 0.15) is 96.6 Å². The monoisotopic (exact) mass is 560 g/mol. The number of carboxylic acid groups (broad SMARTS) is 1. The number of rotatable bonds is 9. The molecule has 1 unspecified atom stereocenters. The molecule has 4 aromatic carbocycles. The number of benzene rings is 4. The van der Waals surface area contributed by atoms with Crippen LogP contribution in [0.4, 0.5) is 0 Å². The molecule has 0 aromatic heterocycles. The van der Waals surface area contributed by atoms with E-state index in [0.29, 0.717) is 24.2 Å². The quantitative estimate of drug-likeness (QED) is 0.164. The summed E-state index contributed by atoms with van der Waals surface area (Å²) >= 11 is 0. The molecule has 216 valence electrons. The first-order valence-electron chi connectivity index (χ1n) is 14.8. The van der Waals surface area contributed by atoms with Gasteiger partial charge in [-0.25, -0.2) is 4.79 Å². The van der Waals surface area contributed by atoms with Crippen molar-refractivity contribution in [3.05, 3.63) is 136 Å². The van der Waals surface area contributed by atoms with Crippen LogP contribution in [0.15, 0.2) is 97.1 Å². The van der Waals surface area contributed by atoms with E-state index in [-0.39, 0.29) is 22.4 Å². The fourth-order valence-corrected chi connectivity index (χ4v) is 6.19. The number of ether oxygens (including phenoxy) is 1. The highest BCUT2D eigenvalue weighted by Crippen LogP contribution is 2.46. The third-order valence-corrected chi connectivity index (χ3v) is 8.89. The number of carbonyl (C=O) groups excluding carboxylic acids is 1. The van der Waals surface area contributed by atoms with Crippen LogP contribution in [-0.4, -0.2) is 17.0 Å². The van der Waals surface area contributed by atoms with Gasteiger partial charge in [0.2, 0.25) is 0 Å². The number of esters is 1. The van der Waals surface area contributed by atoms with E-state index >= 15 is 0 Å². The summed E-state index contributed by atoms with van der Waals surface area (Å²) in [5.41, 5.74) is 6.72. The molecule has 0 spiro atoms. The summed E-state index contributed by atoms with van der Waals surface area (Å²) < 4.78 is 6.04. The van der Waals surface area contributed by atoms with Gasteiger partial charge in [0.25, 0.3) is 0 Å². The predicted octanol–water partition coefficient (Wildman–Crippen LogP) is 8.65. The summed E-state index contributed by atoms with van der Waals surface area (Å²) in [5.74, 6) is -1.43. The number of hydrogen-bond acceptors (Lipinski definition) is 3. The van der Waals surface area contributed by atoms with E-state index in [1.165, 1.54) is 22.8 Å². The highest BCUT2D eigenvalue weighted by molar-refractivity contribution is 5.90. The molecule has 0 fully saturated rings. The molecule has 5 rings (SSSR count). The largest absolute Gasteiger partial charge is 0.478 e. The summed E-state index contributed by atoms with van der Waals surface area (Å²) in [5, 5.41) is 9.80. The average molecular weight is 561 g/mol. The van der Waals surface area contributed by atoms with Gasteiger partial charge in [0.05, 0.1) is 11.5 Å². The molecular formula is C38H40O4. The molecule has 0 saturated carbocycles. The SMILES string of the molecule is CC1(C)CCC(C)(C)c2cc(C(CCc3ccccc3)C(=O)Oc3ccc(C(=O)O)c(Cc4ccccc4)c3)ccc21. The van der Waals surface area contributed by atoms with Crippen LogP contribution in [0.25, 0.3) is 0 Å². The second kappa shape index (κ2) is 12.0. The van der Waals surface area contributed by atoms with Gasteiger partial charge >= 0.3 is 11.9 Å². The number of aromatic carboxylic acids is 1. The average Bonchev–Trinajstić information content (AvgIpc) is 2.97. The first-order valence-corrected chi connectivity index (χ1v) is 14.8. The smallest absolute Gasteiger partial charge is 0.335 e. The Hall–Kier alpha value is -4.18. The van der Waals surface area contributed by atoms with Gasteiger partial charge in [0.15, 0.2) is 0 Å². The van der Waals surface area contributed by atoms with E-state index < -0.39 is 11.9 Å². The Morgan fingerprint density at radius 1 is 0.762 bits per heavy atom. The first-order chi connectivity index (χ1) is 20.0. The van der Waals surface area contributed by atoms with Gasteiger partial charge in [-0.15, -0.1) is 0 Å². The molecule has 4 heteroatoms. The zero-order chi connectivity index (χ0) is 29.9. The maximum Gasteiger partial charge on any atom is 0.335 e. The van der Waals surface area contributed by atoms with Gasteiger partial charge < -0.3 is 9.84 Å². The lowest BCUT2D eigenvalue weighted by Gasteiger charge is -2.42. The number of fused-ring (bicyclic) bond motifs is 1. The Labute approximate surface area is 249 Å². The summed E-state index contributed by atoms with van der Waals surface area (Å²) in [6.07, 6.45) is 4.00. The minimum atomic E-state index is -1.00. The van der Waals surface area contributed by atoms with E-state index in [0.717, 1.165) is 30.4 Å². The molecule has 0 radical (unpaired) electrons.